The number of hydrogen-bond donors (Lipinski definition) is 0. The molecule has 0 spiro atoms. The third kappa shape index (κ3) is 9.08. The molecule has 310 valence electrons. The van der Waals surface area contributed by atoms with E-state index in [-0.39, 0.29) is 80.1 Å². The van der Waals surface area contributed by atoms with E-state index in [0.29, 0.717) is 37.7 Å². The number of nitrogens with zero attached hydrogens (tertiary/aromatic N) is 6. The van der Waals surface area contributed by atoms with E-state index >= 15 is 8.78 Å². The Morgan fingerprint density at radius 1 is 1.05 bits per heavy atom. The monoisotopic (exact) mass is 828 g/mol. The summed E-state index contributed by atoms with van der Waals surface area (Å²) in [4.78, 5) is 30.5. The number of anilines is 1. The Labute approximate surface area is 340 Å². The van der Waals surface area contributed by atoms with Crippen LogP contribution in [0.25, 0.3) is 0 Å². The number of likely N-dealkylation sites (tertiary alicyclic amines) is 1. The van der Waals surface area contributed by atoms with Crippen molar-refractivity contribution in [2.45, 2.75) is 60.6 Å². The van der Waals surface area contributed by atoms with E-state index in [1.54, 1.807) is 18.3 Å². The lowest BCUT2D eigenvalue weighted by Gasteiger charge is -2.51. The fourth-order valence-electron chi connectivity index (χ4n) is 10.00. The van der Waals surface area contributed by atoms with E-state index in [2.05, 4.69) is 21.8 Å². The Bertz CT molecular complexity index is 1970. The molecular formula is C41H54F2N6O6S2. The summed E-state index contributed by atoms with van der Waals surface area (Å²) < 4.78 is 70.1. The van der Waals surface area contributed by atoms with Crippen LogP contribution < -0.4 is 4.90 Å². The second kappa shape index (κ2) is 18.4. The van der Waals surface area contributed by atoms with Gasteiger partial charge in [0.25, 0.3) is 0 Å². The standard InChI is InChI=1S/C41H52F2N6O6S.H2S/c1-3-39(50)47-18-19-55-27-35(26-47)56(52,53)34-10-11-38(37(43)22-34)48-24-29(25-48)23-46-15-12-31(13-16-46)41(28-49-17-14-44-45-49,32-7-5-8-33(42)21-32)36-9-4-6-30(36)20-40(51)54-2;/h3,5,7-8,10-11,14,17,21-22,29-31,35-36H,1,4,6,9,12-13,15-16,18-20,23-28H2,2H3;1H2/t30-,35+,36+,41+;/m1./s1. The Hall–Kier alpha value is -3.86. The van der Waals surface area contributed by atoms with Crippen molar-refractivity contribution in [3.63, 3.8) is 0 Å². The first-order valence-corrected chi connectivity index (χ1v) is 21.2. The van der Waals surface area contributed by atoms with Gasteiger partial charge in [-0.3, -0.25) is 14.3 Å². The first kappa shape index (κ1) is 42.7. The SMILES string of the molecule is C=CC(=O)N1CCOC[C@@H](S(=O)(=O)c2ccc(N3CC(CN4CCC([C@@](Cn5ccnn5)(c5cccc(F)c5)[C@H]5CCC[C@@H]5CC(=O)OC)CC4)C3)c(F)c2)C1.S. The summed E-state index contributed by atoms with van der Waals surface area (Å²) in [5, 5.41) is 7.45. The number of benzene rings is 2. The number of sulfone groups is 1. The van der Waals surface area contributed by atoms with Crippen molar-refractivity contribution in [1.82, 2.24) is 24.8 Å². The second-order valence-corrected chi connectivity index (χ2v) is 18.1. The number of amides is 1. The van der Waals surface area contributed by atoms with E-state index in [4.69, 9.17) is 9.47 Å². The summed E-state index contributed by atoms with van der Waals surface area (Å²) in [6, 6.07) is 11.0. The molecule has 4 aliphatic rings. The van der Waals surface area contributed by atoms with Crippen LogP contribution in [0, 0.1) is 35.3 Å². The quantitative estimate of drug-likeness (QED) is 0.178. The zero-order chi connectivity index (χ0) is 39.5. The molecule has 1 saturated carbocycles. The van der Waals surface area contributed by atoms with Crippen molar-refractivity contribution in [2.24, 2.45) is 23.7 Å². The minimum atomic E-state index is -3.97. The third-order valence-electron chi connectivity index (χ3n) is 12.8. The van der Waals surface area contributed by atoms with Crippen molar-refractivity contribution >= 4 is 40.9 Å². The number of ether oxygens (including phenoxy) is 2. The lowest BCUT2D eigenvalue weighted by molar-refractivity contribution is -0.142. The highest BCUT2D eigenvalue weighted by molar-refractivity contribution is 7.92. The van der Waals surface area contributed by atoms with Gasteiger partial charge in [-0.1, -0.05) is 30.3 Å². The van der Waals surface area contributed by atoms with Gasteiger partial charge in [0.05, 0.1) is 43.6 Å². The van der Waals surface area contributed by atoms with Crippen molar-refractivity contribution < 1.29 is 36.3 Å². The number of carbonyl (C=O) groups excluding carboxylic acids is 2. The van der Waals surface area contributed by atoms with Gasteiger partial charge in [-0.05, 0) is 98.5 Å². The molecule has 3 aromatic rings. The van der Waals surface area contributed by atoms with E-state index < -0.39 is 26.3 Å². The van der Waals surface area contributed by atoms with Crippen LogP contribution in [-0.2, 0) is 40.9 Å². The Balaban J connectivity index is 0.00000549. The Morgan fingerprint density at radius 2 is 1.84 bits per heavy atom. The predicted molar refractivity (Wildman–Crippen MR) is 216 cm³/mol. The number of aromatic nitrogens is 3. The average Bonchev–Trinajstić information content (AvgIpc) is 3.81. The van der Waals surface area contributed by atoms with E-state index in [1.165, 1.54) is 30.2 Å². The molecule has 1 amide bonds. The molecule has 3 saturated heterocycles. The average molecular weight is 829 g/mol. The lowest BCUT2D eigenvalue weighted by Crippen LogP contribution is -2.55. The van der Waals surface area contributed by atoms with Gasteiger partial charge in [0, 0.05) is 56.7 Å². The maximum absolute atomic E-state index is 15.6. The zero-order valence-corrected chi connectivity index (χ0v) is 34.3. The van der Waals surface area contributed by atoms with Gasteiger partial charge < -0.3 is 24.2 Å². The van der Waals surface area contributed by atoms with Crippen LogP contribution in [0.1, 0.15) is 44.1 Å². The van der Waals surface area contributed by atoms with Gasteiger partial charge in [0.1, 0.15) is 16.9 Å². The fraction of sp³-hybridized carbons (Fsp3) is 0.561. The van der Waals surface area contributed by atoms with Crippen LogP contribution in [0.4, 0.5) is 14.5 Å². The predicted octanol–water partition coefficient (Wildman–Crippen LogP) is 4.62. The summed E-state index contributed by atoms with van der Waals surface area (Å²) in [6.45, 7) is 8.23. The number of halogens is 2. The zero-order valence-electron chi connectivity index (χ0n) is 32.5. The molecule has 1 aliphatic carbocycles. The number of hydrogen-bond acceptors (Lipinski definition) is 10. The third-order valence-corrected chi connectivity index (χ3v) is 14.8. The van der Waals surface area contributed by atoms with Crippen LogP contribution in [-0.4, -0.2) is 116 Å². The molecule has 0 bridgehead atoms. The number of rotatable bonds is 13. The van der Waals surface area contributed by atoms with Crippen molar-refractivity contribution in [3.05, 3.63) is 84.7 Å². The second-order valence-electron chi connectivity index (χ2n) is 15.9. The van der Waals surface area contributed by atoms with Crippen LogP contribution in [0.5, 0.6) is 0 Å². The van der Waals surface area contributed by atoms with Gasteiger partial charge in [-0.15, -0.1) is 5.10 Å². The number of piperidine rings is 1. The summed E-state index contributed by atoms with van der Waals surface area (Å²) in [5.74, 6) is -0.737. The smallest absolute Gasteiger partial charge is 0.305 e. The highest BCUT2D eigenvalue weighted by Crippen LogP contribution is 2.54. The van der Waals surface area contributed by atoms with Gasteiger partial charge in [0.15, 0.2) is 9.84 Å². The first-order chi connectivity index (χ1) is 27.0. The minimum absolute atomic E-state index is 0. The molecule has 3 aliphatic heterocycles. The van der Waals surface area contributed by atoms with Gasteiger partial charge in [0.2, 0.25) is 5.91 Å². The van der Waals surface area contributed by atoms with Crippen molar-refractivity contribution in [2.75, 3.05) is 71.0 Å². The van der Waals surface area contributed by atoms with Crippen LogP contribution >= 0.6 is 13.5 Å². The maximum atomic E-state index is 15.6. The molecule has 4 heterocycles. The molecule has 12 nitrogen and oxygen atoms in total. The largest absolute Gasteiger partial charge is 0.469 e. The van der Waals surface area contributed by atoms with Gasteiger partial charge >= 0.3 is 5.97 Å². The normalized spacial score (nSPS) is 23.5. The molecule has 2 aromatic carbocycles. The van der Waals surface area contributed by atoms with E-state index in [1.807, 2.05) is 21.8 Å². The first-order valence-electron chi connectivity index (χ1n) is 19.7. The Kier molecular flexibility index (Phi) is 13.8. The molecule has 16 heteroatoms. The lowest BCUT2D eigenvalue weighted by atomic mass is 9.57. The number of methoxy groups -OCH3 is 1. The van der Waals surface area contributed by atoms with E-state index in [0.717, 1.165) is 69.4 Å². The number of carbonyl (C=O) groups is 2. The van der Waals surface area contributed by atoms with Gasteiger partial charge in [-0.2, -0.15) is 13.5 Å². The highest BCUT2D eigenvalue weighted by Gasteiger charge is 2.52. The minimum Gasteiger partial charge on any atom is -0.469 e. The molecule has 1 aromatic heterocycles. The molecular weight excluding hydrogens is 775 g/mol. The molecule has 4 atom stereocenters. The molecule has 0 N–H and O–H groups in total. The molecule has 0 unspecified atom stereocenters. The highest BCUT2D eigenvalue weighted by atomic mass is 32.2. The van der Waals surface area contributed by atoms with E-state index in [9.17, 15) is 18.0 Å². The summed E-state index contributed by atoms with van der Waals surface area (Å²) in [7, 11) is -2.55. The summed E-state index contributed by atoms with van der Waals surface area (Å²) in [6.07, 6.45) is 9.62. The molecule has 0 radical (unpaired) electrons. The molecule has 57 heavy (non-hydrogen) atoms. The van der Waals surface area contributed by atoms with Crippen molar-refractivity contribution in [3.8, 4) is 0 Å². The summed E-state index contributed by atoms with van der Waals surface area (Å²) in [5.41, 5.74) is 0.828. The van der Waals surface area contributed by atoms with Crippen LogP contribution in [0.2, 0.25) is 0 Å². The Morgan fingerprint density at radius 3 is 2.53 bits per heavy atom. The van der Waals surface area contributed by atoms with Crippen LogP contribution in [0.3, 0.4) is 0 Å². The number of esters is 1. The van der Waals surface area contributed by atoms with Crippen LogP contribution in [0.15, 0.2) is 72.4 Å². The molecule has 4 fully saturated rings. The summed E-state index contributed by atoms with van der Waals surface area (Å²) >= 11 is 0. The maximum Gasteiger partial charge on any atom is 0.305 e. The topological polar surface area (TPSA) is 127 Å². The van der Waals surface area contributed by atoms with Gasteiger partial charge in [-0.25, -0.2) is 17.2 Å². The van der Waals surface area contributed by atoms with Crippen molar-refractivity contribution in [1.29, 1.82) is 0 Å². The fourth-order valence-corrected chi connectivity index (χ4v) is 11.6. The molecule has 7 rings (SSSR count).